The summed E-state index contributed by atoms with van der Waals surface area (Å²) in [5, 5.41) is 5.14. The van der Waals surface area contributed by atoms with Crippen LogP contribution in [0.5, 0.6) is 0 Å². The zero-order valence-corrected chi connectivity index (χ0v) is 14.2. The largest absolute Gasteiger partial charge is 0.389 e. The topological polar surface area (TPSA) is 73.0 Å². The first kappa shape index (κ1) is 16.7. The van der Waals surface area contributed by atoms with Crippen molar-refractivity contribution < 1.29 is 9.57 Å². The van der Waals surface area contributed by atoms with Crippen molar-refractivity contribution in [2.24, 2.45) is 10.9 Å². The quantitative estimate of drug-likeness (QED) is 0.517. The number of fused-ring (bicyclic) bond motifs is 1. The molecule has 1 aromatic heterocycles. The van der Waals surface area contributed by atoms with E-state index in [-0.39, 0.29) is 5.60 Å². The molecule has 0 saturated carbocycles. The van der Waals surface area contributed by atoms with Crippen molar-refractivity contribution >= 4 is 16.7 Å². The average molecular weight is 328 g/mol. The molecular weight excluding hydrogens is 304 g/mol. The lowest BCUT2D eigenvalue weighted by Crippen LogP contribution is -2.50. The summed E-state index contributed by atoms with van der Waals surface area (Å²) in [5.74, 6) is 0.473. The van der Waals surface area contributed by atoms with Crippen LogP contribution in [0.25, 0.3) is 10.9 Å². The summed E-state index contributed by atoms with van der Waals surface area (Å²) in [6.07, 6.45) is 1.78. The van der Waals surface area contributed by atoms with E-state index in [0.29, 0.717) is 25.6 Å². The van der Waals surface area contributed by atoms with Gasteiger partial charge in [-0.05, 0) is 19.9 Å². The number of benzene rings is 1. The molecule has 3 rings (SSSR count). The van der Waals surface area contributed by atoms with E-state index in [4.69, 9.17) is 15.3 Å². The molecule has 2 N–H and O–H groups in total. The Morgan fingerprint density at radius 1 is 1.38 bits per heavy atom. The number of nitrogens with two attached hydrogens (primary N) is 1. The summed E-state index contributed by atoms with van der Waals surface area (Å²) in [5.41, 5.74) is 7.78. The zero-order chi connectivity index (χ0) is 17.0. The normalized spacial score (nSPS) is 18.7. The van der Waals surface area contributed by atoms with E-state index in [2.05, 4.69) is 28.9 Å². The lowest BCUT2D eigenvalue weighted by atomic mass is 10.1. The Hall–Kier alpha value is -2.18. The molecule has 0 spiro atoms. The van der Waals surface area contributed by atoms with Gasteiger partial charge in [0.1, 0.15) is 6.61 Å². The zero-order valence-electron chi connectivity index (χ0n) is 14.2. The van der Waals surface area contributed by atoms with Gasteiger partial charge in [0.15, 0.2) is 5.84 Å². The van der Waals surface area contributed by atoms with Gasteiger partial charge in [-0.15, -0.1) is 0 Å². The van der Waals surface area contributed by atoms with E-state index in [1.54, 1.807) is 6.20 Å². The van der Waals surface area contributed by atoms with E-state index in [9.17, 15) is 0 Å². The molecule has 1 aliphatic heterocycles. The number of nitrogens with zero attached hydrogens (tertiary/aromatic N) is 3. The van der Waals surface area contributed by atoms with Gasteiger partial charge in [0.05, 0.1) is 24.3 Å². The third-order valence-electron chi connectivity index (χ3n) is 4.01. The number of aromatic nitrogens is 1. The number of hydrogen-bond acceptors (Lipinski definition) is 5. The van der Waals surface area contributed by atoms with Crippen molar-refractivity contribution in [3.8, 4) is 0 Å². The number of rotatable bonds is 5. The molecule has 1 aromatic carbocycles. The van der Waals surface area contributed by atoms with E-state index in [0.717, 1.165) is 29.6 Å². The average Bonchev–Trinajstić information content (AvgIpc) is 2.54. The van der Waals surface area contributed by atoms with Crippen LogP contribution in [0.3, 0.4) is 0 Å². The molecule has 1 fully saturated rings. The standard InChI is InChI=1S/C18H24N4O2/c1-18(2)13-22(9-10-23-18)11-16(19)21-24-12-15-6-3-5-14-7-4-8-20-17(14)15/h3-8H,9-13H2,1-2H3,(H2,19,21). The predicted molar refractivity (Wildman–Crippen MR) is 94.6 cm³/mol. The molecular formula is C18H24N4O2. The second kappa shape index (κ2) is 7.15. The first-order valence-corrected chi connectivity index (χ1v) is 8.17. The molecule has 0 bridgehead atoms. The Balaban J connectivity index is 1.57. The summed E-state index contributed by atoms with van der Waals surface area (Å²) < 4.78 is 5.70. The number of pyridine rings is 1. The van der Waals surface area contributed by atoms with Gasteiger partial charge in [-0.3, -0.25) is 9.88 Å². The number of morpholine rings is 1. The van der Waals surface area contributed by atoms with E-state index >= 15 is 0 Å². The second-order valence-corrected chi connectivity index (χ2v) is 6.67. The van der Waals surface area contributed by atoms with Gasteiger partial charge in [0.2, 0.25) is 0 Å². The van der Waals surface area contributed by atoms with Crippen molar-refractivity contribution in [3.05, 3.63) is 42.1 Å². The van der Waals surface area contributed by atoms with Gasteiger partial charge in [0.25, 0.3) is 0 Å². The fourth-order valence-electron chi connectivity index (χ4n) is 2.98. The fourth-order valence-corrected chi connectivity index (χ4v) is 2.98. The highest BCUT2D eigenvalue weighted by Gasteiger charge is 2.27. The van der Waals surface area contributed by atoms with Crippen LogP contribution in [-0.2, 0) is 16.2 Å². The number of hydrogen-bond donors (Lipinski definition) is 1. The molecule has 1 saturated heterocycles. The van der Waals surface area contributed by atoms with Gasteiger partial charge >= 0.3 is 0 Å². The molecule has 6 nitrogen and oxygen atoms in total. The molecule has 128 valence electrons. The maximum atomic E-state index is 6.00. The van der Waals surface area contributed by atoms with Crippen LogP contribution in [-0.4, -0.2) is 47.6 Å². The Labute approximate surface area is 142 Å². The SMILES string of the molecule is CC1(C)CN(CC(N)=NOCc2cccc3cccnc23)CCO1. The molecule has 6 heteroatoms. The van der Waals surface area contributed by atoms with E-state index < -0.39 is 0 Å². The lowest BCUT2D eigenvalue weighted by Gasteiger charge is -2.37. The summed E-state index contributed by atoms with van der Waals surface area (Å²) in [4.78, 5) is 12.1. The van der Waals surface area contributed by atoms with Gasteiger partial charge in [0, 0.05) is 30.2 Å². The highest BCUT2D eigenvalue weighted by Crippen LogP contribution is 2.17. The summed E-state index contributed by atoms with van der Waals surface area (Å²) in [7, 11) is 0. The van der Waals surface area contributed by atoms with Crippen LogP contribution in [0, 0.1) is 0 Å². The van der Waals surface area contributed by atoms with Crippen LogP contribution in [0.15, 0.2) is 41.7 Å². The molecule has 0 atom stereocenters. The molecule has 2 heterocycles. The highest BCUT2D eigenvalue weighted by molar-refractivity contribution is 5.82. The van der Waals surface area contributed by atoms with Crippen LogP contribution in [0.2, 0.25) is 0 Å². The molecule has 0 unspecified atom stereocenters. The molecule has 1 aliphatic rings. The number of ether oxygens (including phenoxy) is 1. The molecule has 0 amide bonds. The van der Waals surface area contributed by atoms with Crippen molar-refractivity contribution in [1.29, 1.82) is 0 Å². The Morgan fingerprint density at radius 3 is 3.04 bits per heavy atom. The first-order chi connectivity index (χ1) is 11.5. The Morgan fingerprint density at radius 2 is 2.21 bits per heavy atom. The monoisotopic (exact) mass is 328 g/mol. The first-order valence-electron chi connectivity index (χ1n) is 8.17. The summed E-state index contributed by atoms with van der Waals surface area (Å²) in [6, 6.07) is 9.97. The lowest BCUT2D eigenvalue weighted by molar-refractivity contribution is -0.0821. The van der Waals surface area contributed by atoms with Crippen LogP contribution in [0.1, 0.15) is 19.4 Å². The van der Waals surface area contributed by atoms with Crippen molar-refractivity contribution in [2.75, 3.05) is 26.2 Å². The fraction of sp³-hybridized carbons (Fsp3) is 0.444. The number of oxime groups is 1. The molecule has 0 aliphatic carbocycles. The third-order valence-corrected chi connectivity index (χ3v) is 4.01. The van der Waals surface area contributed by atoms with E-state index in [1.165, 1.54) is 0 Å². The summed E-state index contributed by atoms with van der Waals surface area (Å²) >= 11 is 0. The minimum atomic E-state index is -0.145. The number of amidine groups is 1. The Kier molecular flexibility index (Phi) is 4.97. The van der Waals surface area contributed by atoms with E-state index in [1.807, 2.05) is 30.3 Å². The minimum Gasteiger partial charge on any atom is -0.389 e. The van der Waals surface area contributed by atoms with Gasteiger partial charge in [-0.25, -0.2) is 0 Å². The van der Waals surface area contributed by atoms with Gasteiger partial charge in [-0.2, -0.15) is 0 Å². The summed E-state index contributed by atoms with van der Waals surface area (Å²) in [6.45, 7) is 7.49. The van der Waals surface area contributed by atoms with Crippen molar-refractivity contribution in [1.82, 2.24) is 9.88 Å². The van der Waals surface area contributed by atoms with Crippen molar-refractivity contribution in [2.45, 2.75) is 26.1 Å². The van der Waals surface area contributed by atoms with Crippen molar-refractivity contribution in [3.63, 3.8) is 0 Å². The molecule has 24 heavy (non-hydrogen) atoms. The maximum absolute atomic E-state index is 6.00. The van der Waals surface area contributed by atoms with Crippen LogP contribution < -0.4 is 5.73 Å². The van der Waals surface area contributed by atoms with Gasteiger partial charge in [-0.1, -0.05) is 29.4 Å². The minimum absolute atomic E-state index is 0.145. The molecule has 0 radical (unpaired) electrons. The smallest absolute Gasteiger partial charge is 0.153 e. The number of para-hydroxylation sites is 1. The molecule has 2 aromatic rings. The van der Waals surface area contributed by atoms with Gasteiger partial charge < -0.3 is 15.3 Å². The third kappa shape index (κ3) is 4.21. The van der Waals surface area contributed by atoms with Crippen LogP contribution >= 0.6 is 0 Å². The van der Waals surface area contributed by atoms with Crippen LogP contribution in [0.4, 0.5) is 0 Å². The maximum Gasteiger partial charge on any atom is 0.153 e. The second-order valence-electron chi connectivity index (χ2n) is 6.67. The predicted octanol–water partition coefficient (Wildman–Crippen LogP) is 2.13. The Bertz CT molecular complexity index is 725. The highest BCUT2D eigenvalue weighted by atomic mass is 16.6.